The molecule has 2 saturated carbocycles. The number of ether oxygens (including phenoxy) is 1. The predicted molar refractivity (Wildman–Crippen MR) is 90.0 cm³/mol. The van der Waals surface area contributed by atoms with Gasteiger partial charge in [0, 0.05) is 23.0 Å². The molecule has 4 heteroatoms. The van der Waals surface area contributed by atoms with E-state index in [9.17, 15) is 15.0 Å². The molecule has 4 aliphatic rings. The summed E-state index contributed by atoms with van der Waals surface area (Å²) in [6, 6.07) is 0. The van der Waals surface area contributed by atoms with Crippen LogP contribution in [0.3, 0.4) is 0 Å². The third-order valence-electron chi connectivity index (χ3n) is 7.72. The Bertz CT molecular complexity index is 659. The summed E-state index contributed by atoms with van der Waals surface area (Å²) in [7, 11) is 0. The molecule has 0 aromatic carbocycles. The van der Waals surface area contributed by atoms with Gasteiger partial charge < -0.3 is 14.9 Å². The lowest BCUT2D eigenvalue weighted by Crippen LogP contribution is -2.62. The number of carbonyl (C=O) groups is 1. The second-order valence-electron chi connectivity index (χ2n) is 9.03. The van der Waals surface area contributed by atoms with Gasteiger partial charge in [-0.1, -0.05) is 32.4 Å². The minimum Gasteiger partial charge on any atom is -0.454 e. The number of aliphatic hydroxyl groups is 2. The maximum atomic E-state index is 11.9. The van der Waals surface area contributed by atoms with Gasteiger partial charge in [-0.15, -0.1) is 0 Å². The summed E-state index contributed by atoms with van der Waals surface area (Å²) in [6.07, 6.45) is 4.16. The quantitative estimate of drug-likeness (QED) is 0.670. The molecule has 24 heavy (non-hydrogen) atoms. The van der Waals surface area contributed by atoms with Gasteiger partial charge >= 0.3 is 5.97 Å². The summed E-state index contributed by atoms with van der Waals surface area (Å²) in [4.78, 5) is 11.9. The topological polar surface area (TPSA) is 66.8 Å². The first-order valence-electron chi connectivity index (χ1n) is 9.15. The highest BCUT2D eigenvalue weighted by Gasteiger charge is 2.61. The third kappa shape index (κ3) is 1.90. The van der Waals surface area contributed by atoms with E-state index in [4.69, 9.17) is 4.74 Å². The summed E-state index contributed by atoms with van der Waals surface area (Å²) in [6.45, 7) is 8.30. The number of fused-ring (bicyclic) bond motifs is 4. The molecular weight excluding hydrogens is 304 g/mol. The first-order valence-corrected chi connectivity index (χ1v) is 9.15. The van der Waals surface area contributed by atoms with E-state index in [-0.39, 0.29) is 34.7 Å². The number of hydrogen-bond acceptors (Lipinski definition) is 4. The van der Waals surface area contributed by atoms with Gasteiger partial charge in [0.1, 0.15) is 6.10 Å². The summed E-state index contributed by atoms with van der Waals surface area (Å²) >= 11 is 0. The van der Waals surface area contributed by atoms with Gasteiger partial charge in [-0.25, -0.2) is 4.79 Å². The lowest BCUT2D eigenvalue weighted by atomic mass is 9.44. The van der Waals surface area contributed by atoms with Crippen molar-refractivity contribution in [2.45, 2.75) is 71.7 Å². The van der Waals surface area contributed by atoms with E-state index in [0.717, 1.165) is 30.4 Å². The van der Waals surface area contributed by atoms with Crippen molar-refractivity contribution >= 4 is 5.97 Å². The maximum absolute atomic E-state index is 11.9. The highest BCUT2D eigenvalue weighted by Crippen LogP contribution is 2.63. The Labute approximate surface area is 143 Å². The molecule has 0 bridgehead atoms. The number of hydrogen-bond donors (Lipinski definition) is 2. The highest BCUT2D eigenvalue weighted by molar-refractivity contribution is 5.92. The minimum absolute atomic E-state index is 0.163. The van der Waals surface area contributed by atoms with Gasteiger partial charge in [0.2, 0.25) is 0 Å². The molecule has 0 spiro atoms. The molecule has 2 fully saturated rings. The van der Waals surface area contributed by atoms with Crippen LogP contribution in [0, 0.1) is 22.7 Å². The average molecular weight is 332 g/mol. The molecule has 2 N–H and O–H groups in total. The van der Waals surface area contributed by atoms with Crippen molar-refractivity contribution in [3.8, 4) is 0 Å². The van der Waals surface area contributed by atoms with Crippen molar-refractivity contribution in [2.24, 2.45) is 22.7 Å². The average Bonchev–Trinajstić information content (AvgIpc) is 2.79. The van der Waals surface area contributed by atoms with Crippen LogP contribution >= 0.6 is 0 Å². The van der Waals surface area contributed by atoms with Crippen molar-refractivity contribution in [3.63, 3.8) is 0 Å². The molecule has 0 amide bonds. The van der Waals surface area contributed by atoms with Crippen LogP contribution in [0.15, 0.2) is 22.8 Å². The van der Waals surface area contributed by atoms with E-state index < -0.39 is 12.2 Å². The smallest absolute Gasteiger partial charge is 0.334 e. The molecule has 3 aliphatic carbocycles. The zero-order chi connectivity index (χ0) is 17.4. The van der Waals surface area contributed by atoms with Gasteiger partial charge in [0.05, 0.1) is 12.2 Å². The van der Waals surface area contributed by atoms with E-state index in [1.807, 2.05) is 6.92 Å². The van der Waals surface area contributed by atoms with Gasteiger partial charge in [-0.2, -0.15) is 0 Å². The lowest BCUT2D eigenvalue weighted by Gasteiger charge is -2.62. The zero-order valence-corrected chi connectivity index (χ0v) is 15.0. The molecule has 0 saturated heterocycles. The van der Waals surface area contributed by atoms with Crippen LogP contribution in [-0.4, -0.2) is 34.5 Å². The molecule has 0 aromatic heterocycles. The van der Waals surface area contributed by atoms with Crippen LogP contribution in [0.1, 0.15) is 53.4 Å². The summed E-state index contributed by atoms with van der Waals surface area (Å²) in [5.41, 5.74) is 2.64. The normalized spacial score (nSPS) is 46.7. The van der Waals surface area contributed by atoms with Crippen molar-refractivity contribution in [1.82, 2.24) is 0 Å². The molecular formula is C20H28O4. The third-order valence-corrected chi connectivity index (χ3v) is 7.72. The molecule has 1 aliphatic heterocycles. The molecule has 6 atom stereocenters. The molecule has 6 unspecified atom stereocenters. The van der Waals surface area contributed by atoms with Crippen molar-refractivity contribution in [2.75, 3.05) is 0 Å². The highest BCUT2D eigenvalue weighted by atomic mass is 16.5. The second-order valence-corrected chi connectivity index (χ2v) is 9.03. The largest absolute Gasteiger partial charge is 0.454 e. The van der Waals surface area contributed by atoms with E-state index in [2.05, 4.69) is 26.8 Å². The van der Waals surface area contributed by atoms with E-state index in [1.54, 1.807) is 0 Å². The molecule has 1 heterocycles. The van der Waals surface area contributed by atoms with Crippen LogP contribution in [0.2, 0.25) is 0 Å². The Balaban J connectivity index is 1.77. The zero-order valence-electron chi connectivity index (χ0n) is 15.0. The maximum Gasteiger partial charge on any atom is 0.334 e. The fourth-order valence-electron chi connectivity index (χ4n) is 6.09. The first-order chi connectivity index (χ1) is 11.2. The van der Waals surface area contributed by atoms with E-state index >= 15 is 0 Å². The molecule has 0 aromatic rings. The minimum atomic E-state index is -0.525. The molecule has 4 nitrogen and oxygen atoms in total. The number of esters is 1. The summed E-state index contributed by atoms with van der Waals surface area (Å²) < 4.78 is 5.57. The second kappa shape index (κ2) is 4.95. The lowest BCUT2D eigenvalue weighted by molar-refractivity contribution is -0.189. The van der Waals surface area contributed by atoms with Crippen LogP contribution in [0.4, 0.5) is 0 Å². The van der Waals surface area contributed by atoms with Crippen LogP contribution in [-0.2, 0) is 9.53 Å². The van der Waals surface area contributed by atoms with E-state index in [0.29, 0.717) is 6.42 Å². The Hall–Kier alpha value is -1.13. The van der Waals surface area contributed by atoms with Crippen LogP contribution < -0.4 is 0 Å². The van der Waals surface area contributed by atoms with Crippen LogP contribution in [0.25, 0.3) is 0 Å². The first kappa shape index (κ1) is 16.3. The Morgan fingerprint density at radius 1 is 1.17 bits per heavy atom. The predicted octanol–water partition coefficient (Wildman–Crippen LogP) is 2.74. The Kier molecular flexibility index (Phi) is 3.37. The molecule has 132 valence electrons. The monoisotopic (exact) mass is 332 g/mol. The molecule has 4 rings (SSSR count). The number of allylic oxidation sites excluding steroid dienone is 1. The molecule has 0 radical (unpaired) electrons. The SMILES string of the molecule is CC1=C2C=C3CCC4C(C)(C)C(O)CC(O)C4(C)C3CC2OC1=O. The fraction of sp³-hybridized carbons (Fsp3) is 0.750. The number of carbonyl (C=O) groups excluding carboxylic acids is 1. The number of rotatable bonds is 0. The Morgan fingerprint density at radius 2 is 1.88 bits per heavy atom. The van der Waals surface area contributed by atoms with Crippen LogP contribution in [0.5, 0.6) is 0 Å². The van der Waals surface area contributed by atoms with Crippen molar-refractivity contribution in [1.29, 1.82) is 0 Å². The Morgan fingerprint density at radius 3 is 2.58 bits per heavy atom. The van der Waals surface area contributed by atoms with E-state index in [1.165, 1.54) is 5.57 Å². The van der Waals surface area contributed by atoms with Gasteiger partial charge in [0.25, 0.3) is 0 Å². The standard InChI is InChI=1S/C20H28O4/c1-10-12-7-11-5-6-15-19(2,3)16(21)9-17(22)20(15,4)13(11)8-14(12)24-18(10)23/h7,13-17,21-22H,5-6,8-9H2,1-4H3. The number of aliphatic hydroxyl groups excluding tert-OH is 2. The van der Waals surface area contributed by atoms with Gasteiger partial charge in [0.15, 0.2) is 0 Å². The van der Waals surface area contributed by atoms with Crippen molar-refractivity contribution in [3.05, 3.63) is 22.8 Å². The van der Waals surface area contributed by atoms with Gasteiger partial charge in [-0.3, -0.25) is 0 Å². The summed E-state index contributed by atoms with van der Waals surface area (Å²) in [5.74, 6) is 0.271. The fourth-order valence-corrected chi connectivity index (χ4v) is 6.09. The van der Waals surface area contributed by atoms with Gasteiger partial charge in [-0.05, 0) is 43.4 Å². The summed E-state index contributed by atoms with van der Waals surface area (Å²) in [5, 5.41) is 21.5. The van der Waals surface area contributed by atoms with Crippen molar-refractivity contribution < 1.29 is 19.7 Å².